The summed E-state index contributed by atoms with van der Waals surface area (Å²) in [4.78, 5) is 17.4. The molecule has 0 aliphatic carbocycles. The van der Waals surface area contributed by atoms with Crippen molar-refractivity contribution in [2.45, 2.75) is 57.0 Å². The maximum absolute atomic E-state index is 12.7. The molecule has 1 aliphatic heterocycles. The van der Waals surface area contributed by atoms with Crippen LogP contribution in [0.15, 0.2) is 29.2 Å². The van der Waals surface area contributed by atoms with Gasteiger partial charge in [0.1, 0.15) is 11.2 Å². The number of benzene rings is 1. The summed E-state index contributed by atoms with van der Waals surface area (Å²) in [6.07, 6.45) is 2.28. The SMILES string of the molecule is CCCCSc1ccc(NC2CN(C)C(=O)N2c2nnc(C(C)(C)C)s2)cc1. The molecule has 1 aliphatic rings. The Labute approximate surface area is 175 Å². The smallest absolute Gasteiger partial charge is 0.328 e. The molecule has 28 heavy (non-hydrogen) atoms. The number of rotatable bonds is 7. The predicted molar refractivity (Wildman–Crippen MR) is 119 cm³/mol. The van der Waals surface area contributed by atoms with Gasteiger partial charge in [0.05, 0.1) is 6.54 Å². The number of hydrogen-bond acceptors (Lipinski definition) is 6. The number of hydrogen-bond donors (Lipinski definition) is 1. The third kappa shape index (κ3) is 4.78. The first kappa shape index (κ1) is 20.9. The maximum Gasteiger partial charge on any atom is 0.328 e. The lowest BCUT2D eigenvalue weighted by Crippen LogP contribution is -2.39. The summed E-state index contributed by atoms with van der Waals surface area (Å²) >= 11 is 3.37. The van der Waals surface area contributed by atoms with E-state index in [1.165, 1.54) is 29.1 Å². The molecule has 2 amide bonds. The molecule has 3 rings (SSSR count). The van der Waals surface area contributed by atoms with Gasteiger partial charge >= 0.3 is 6.03 Å². The fourth-order valence-corrected chi connectivity index (χ4v) is 4.80. The molecule has 1 aromatic carbocycles. The molecule has 6 nitrogen and oxygen atoms in total. The van der Waals surface area contributed by atoms with Crippen LogP contribution in [0.3, 0.4) is 0 Å². The minimum Gasteiger partial charge on any atom is -0.363 e. The second-order valence-electron chi connectivity index (χ2n) is 8.06. The number of urea groups is 1. The summed E-state index contributed by atoms with van der Waals surface area (Å²) < 4.78 is 0. The Morgan fingerprint density at radius 3 is 2.57 bits per heavy atom. The average molecular weight is 420 g/mol. The van der Waals surface area contributed by atoms with Gasteiger partial charge in [-0.05, 0) is 36.4 Å². The molecule has 1 fully saturated rings. The van der Waals surface area contributed by atoms with Gasteiger partial charge in [0.25, 0.3) is 0 Å². The molecular weight excluding hydrogens is 390 g/mol. The number of thioether (sulfide) groups is 1. The summed E-state index contributed by atoms with van der Waals surface area (Å²) in [6, 6.07) is 8.37. The molecule has 2 aromatic rings. The van der Waals surface area contributed by atoms with E-state index in [1.54, 1.807) is 9.80 Å². The normalized spacial score (nSPS) is 17.5. The Morgan fingerprint density at radius 2 is 1.96 bits per heavy atom. The molecule has 152 valence electrons. The lowest BCUT2D eigenvalue weighted by atomic mass is 9.98. The first-order valence-electron chi connectivity index (χ1n) is 9.67. The second kappa shape index (κ2) is 8.69. The largest absolute Gasteiger partial charge is 0.363 e. The number of amides is 2. The number of anilines is 2. The lowest BCUT2D eigenvalue weighted by Gasteiger charge is -2.22. The molecule has 2 heterocycles. The van der Waals surface area contributed by atoms with E-state index in [4.69, 9.17) is 0 Å². The molecule has 8 heteroatoms. The van der Waals surface area contributed by atoms with Crippen LogP contribution >= 0.6 is 23.1 Å². The van der Waals surface area contributed by atoms with Crippen LogP contribution in [0, 0.1) is 0 Å². The fraction of sp³-hybridized carbons (Fsp3) is 0.550. The first-order valence-corrected chi connectivity index (χ1v) is 11.5. The third-order valence-electron chi connectivity index (χ3n) is 4.51. The monoisotopic (exact) mass is 419 g/mol. The number of nitrogens with one attached hydrogen (secondary N) is 1. The standard InChI is InChI=1S/C20H29N5OS2/c1-6-7-12-27-15-10-8-14(9-11-15)21-16-13-24(5)19(26)25(16)18-23-22-17(28-18)20(2,3)4/h8-11,16,21H,6-7,12-13H2,1-5H3. The Kier molecular flexibility index (Phi) is 6.50. The van der Waals surface area contributed by atoms with Gasteiger partial charge in [-0.2, -0.15) is 0 Å². The zero-order valence-corrected chi connectivity index (χ0v) is 18.9. The topological polar surface area (TPSA) is 61.4 Å². The van der Waals surface area contributed by atoms with Crippen LogP contribution in [0.5, 0.6) is 0 Å². The fourth-order valence-electron chi connectivity index (χ4n) is 2.85. The van der Waals surface area contributed by atoms with Crippen molar-refractivity contribution in [3.05, 3.63) is 29.3 Å². The minimum absolute atomic E-state index is 0.0548. The molecule has 1 N–H and O–H groups in total. The first-order chi connectivity index (χ1) is 13.3. The van der Waals surface area contributed by atoms with E-state index in [2.05, 4.69) is 67.5 Å². The van der Waals surface area contributed by atoms with Gasteiger partial charge in [0.2, 0.25) is 5.13 Å². The summed E-state index contributed by atoms with van der Waals surface area (Å²) in [7, 11) is 1.82. The zero-order valence-electron chi connectivity index (χ0n) is 17.2. The molecule has 1 unspecified atom stereocenters. The van der Waals surface area contributed by atoms with E-state index >= 15 is 0 Å². The van der Waals surface area contributed by atoms with Gasteiger partial charge in [0, 0.05) is 23.0 Å². The van der Waals surface area contributed by atoms with Crippen molar-refractivity contribution in [1.82, 2.24) is 15.1 Å². The van der Waals surface area contributed by atoms with Gasteiger partial charge in [-0.3, -0.25) is 0 Å². The van der Waals surface area contributed by atoms with Crippen LogP contribution in [0.2, 0.25) is 0 Å². The number of carbonyl (C=O) groups is 1. The van der Waals surface area contributed by atoms with Crippen LogP contribution in [0.4, 0.5) is 15.6 Å². The number of aromatic nitrogens is 2. The molecular formula is C20H29N5OS2. The zero-order chi connectivity index (χ0) is 20.3. The highest BCUT2D eigenvalue weighted by atomic mass is 32.2. The van der Waals surface area contributed by atoms with Crippen molar-refractivity contribution < 1.29 is 4.79 Å². The van der Waals surface area contributed by atoms with Gasteiger partial charge < -0.3 is 10.2 Å². The Hall–Kier alpha value is -1.80. The van der Waals surface area contributed by atoms with E-state index in [0.717, 1.165) is 16.4 Å². The minimum atomic E-state index is -0.170. The number of likely N-dealkylation sites (N-methyl/N-ethyl adjacent to an activating group) is 1. The van der Waals surface area contributed by atoms with E-state index in [9.17, 15) is 4.79 Å². The number of carbonyl (C=O) groups excluding carboxylic acids is 1. The Bertz CT molecular complexity index is 800. The molecule has 0 spiro atoms. The highest BCUT2D eigenvalue weighted by Crippen LogP contribution is 2.33. The van der Waals surface area contributed by atoms with E-state index in [-0.39, 0.29) is 17.6 Å². The van der Waals surface area contributed by atoms with E-state index in [0.29, 0.717) is 11.7 Å². The molecule has 0 saturated carbocycles. The Morgan fingerprint density at radius 1 is 1.25 bits per heavy atom. The molecule has 1 saturated heterocycles. The van der Waals surface area contributed by atoms with Crippen LogP contribution in [-0.4, -0.2) is 46.6 Å². The maximum atomic E-state index is 12.7. The van der Waals surface area contributed by atoms with Crippen LogP contribution in [-0.2, 0) is 5.41 Å². The number of nitrogens with zero attached hydrogens (tertiary/aromatic N) is 4. The molecule has 0 radical (unpaired) electrons. The van der Waals surface area contributed by atoms with Crippen molar-refractivity contribution in [2.75, 3.05) is 29.6 Å². The molecule has 0 bridgehead atoms. The van der Waals surface area contributed by atoms with Crippen LogP contribution < -0.4 is 10.2 Å². The third-order valence-corrected chi connectivity index (χ3v) is 6.95. The van der Waals surface area contributed by atoms with E-state index < -0.39 is 0 Å². The lowest BCUT2D eigenvalue weighted by molar-refractivity contribution is 0.229. The van der Waals surface area contributed by atoms with Crippen molar-refractivity contribution in [3.8, 4) is 0 Å². The summed E-state index contributed by atoms with van der Waals surface area (Å²) in [6.45, 7) is 9.11. The summed E-state index contributed by atoms with van der Waals surface area (Å²) in [5, 5.41) is 13.7. The average Bonchev–Trinajstić information content (AvgIpc) is 3.22. The molecule has 1 aromatic heterocycles. The van der Waals surface area contributed by atoms with Gasteiger partial charge in [-0.1, -0.05) is 45.5 Å². The second-order valence-corrected chi connectivity index (χ2v) is 10.2. The predicted octanol–water partition coefficient (Wildman–Crippen LogP) is 5.04. The van der Waals surface area contributed by atoms with Crippen molar-refractivity contribution in [2.24, 2.45) is 0 Å². The van der Waals surface area contributed by atoms with Gasteiger partial charge in [0.15, 0.2) is 0 Å². The van der Waals surface area contributed by atoms with Crippen LogP contribution in [0.1, 0.15) is 45.5 Å². The highest BCUT2D eigenvalue weighted by Gasteiger charge is 2.39. The van der Waals surface area contributed by atoms with Crippen molar-refractivity contribution >= 4 is 39.9 Å². The summed E-state index contributed by atoms with van der Waals surface area (Å²) in [5.41, 5.74) is 0.914. The van der Waals surface area contributed by atoms with Gasteiger partial charge in [-0.15, -0.1) is 22.0 Å². The van der Waals surface area contributed by atoms with Crippen LogP contribution in [0.25, 0.3) is 0 Å². The molecule has 1 atom stereocenters. The van der Waals surface area contributed by atoms with E-state index in [1.807, 2.05) is 18.8 Å². The van der Waals surface area contributed by atoms with Crippen molar-refractivity contribution in [1.29, 1.82) is 0 Å². The summed E-state index contributed by atoms with van der Waals surface area (Å²) in [5.74, 6) is 1.14. The number of unbranched alkanes of at least 4 members (excludes halogenated alkanes) is 1. The highest BCUT2D eigenvalue weighted by molar-refractivity contribution is 7.99. The Balaban J connectivity index is 1.73. The van der Waals surface area contributed by atoms with Gasteiger partial charge in [-0.25, -0.2) is 9.69 Å². The van der Waals surface area contributed by atoms with Crippen molar-refractivity contribution in [3.63, 3.8) is 0 Å². The quantitative estimate of drug-likeness (QED) is 0.503.